The maximum atomic E-state index is 11.9. The monoisotopic (exact) mass is 279 g/mol. The molecule has 1 aromatic heterocycles. The van der Waals surface area contributed by atoms with Crippen molar-refractivity contribution in [3.63, 3.8) is 0 Å². The standard InChI is InChI=1S/C15H25N3O2/c1-7-20-12(19)10-8-17-18(6)11(10)9-16-13-14(2,3)15(13,4)5/h8,13,16H,7,9H2,1-6H3. The third-order valence-corrected chi connectivity index (χ3v) is 5.05. The summed E-state index contributed by atoms with van der Waals surface area (Å²) in [6.07, 6.45) is 1.58. The Kier molecular flexibility index (Phi) is 3.67. The lowest BCUT2D eigenvalue weighted by molar-refractivity contribution is 0.0524. The number of esters is 1. The van der Waals surface area contributed by atoms with E-state index in [1.165, 1.54) is 0 Å². The predicted molar refractivity (Wildman–Crippen MR) is 77.4 cm³/mol. The van der Waals surface area contributed by atoms with Crippen LogP contribution in [0.1, 0.15) is 50.7 Å². The van der Waals surface area contributed by atoms with Crippen molar-refractivity contribution in [3.8, 4) is 0 Å². The van der Waals surface area contributed by atoms with Crippen LogP contribution in [0.2, 0.25) is 0 Å². The van der Waals surface area contributed by atoms with E-state index in [-0.39, 0.29) is 16.8 Å². The third kappa shape index (κ3) is 2.24. The van der Waals surface area contributed by atoms with Gasteiger partial charge in [0.1, 0.15) is 5.56 Å². The van der Waals surface area contributed by atoms with Gasteiger partial charge in [-0.05, 0) is 17.8 Å². The summed E-state index contributed by atoms with van der Waals surface area (Å²) in [5.41, 5.74) is 1.98. The molecule has 0 saturated heterocycles. The highest BCUT2D eigenvalue weighted by atomic mass is 16.5. The van der Waals surface area contributed by atoms with Crippen molar-refractivity contribution in [1.29, 1.82) is 0 Å². The average molecular weight is 279 g/mol. The molecule has 0 spiro atoms. The molecule has 0 bridgehead atoms. The van der Waals surface area contributed by atoms with Gasteiger partial charge in [-0.2, -0.15) is 5.10 Å². The van der Waals surface area contributed by atoms with Crippen molar-refractivity contribution in [2.24, 2.45) is 17.9 Å². The quantitative estimate of drug-likeness (QED) is 0.839. The van der Waals surface area contributed by atoms with Gasteiger partial charge in [-0.1, -0.05) is 27.7 Å². The zero-order chi connectivity index (χ0) is 15.1. The highest BCUT2D eigenvalue weighted by molar-refractivity contribution is 5.90. The first-order valence-electron chi connectivity index (χ1n) is 7.14. The molecular formula is C15H25N3O2. The van der Waals surface area contributed by atoms with E-state index in [1.807, 2.05) is 7.05 Å². The SMILES string of the molecule is CCOC(=O)c1cnn(C)c1CNC1C(C)(C)C1(C)C. The molecule has 5 nitrogen and oxygen atoms in total. The fourth-order valence-corrected chi connectivity index (χ4v) is 2.96. The minimum absolute atomic E-state index is 0.273. The van der Waals surface area contributed by atoms with Crippen molar-refractivity contribution in [2.45, 2.75) is 47.2 Å². The number of hydrogen-bond donors (Lipinski definition) is 1. The molecule has 1 aromatic rings. The molecule has 0 amide bonds. The molecule has 1 fully saturated rings. The molecule has 1 aliphatic carbocycles. The summed E-state index contributed by atoms with van der Waals surface area (Å²) >= 11 is 0. The lowest BCUT2D eigenvalue weighted by Gasteiger charge is -2.09. The molecule has 5 heteroatoms. The summed E-state index contributed by atoms with van der Waals surface area (Å²) < 4.78 is 6.80. The van der Waals surface area contributed by atoms with Crippen LogP contribution in [0.4, 0.5) is 0 Å². The van der Waals surface area contributed by atoms with Crippen molar-refractivity contribution < 1.29 is 9.53 Å². The summed E-state index contributed by atoms with van der Waals surface area (Å²) in [4.78, 5) is 11.9. The molecule has 0 radical (unpaired) electrons. The molecule has 20 heavy (non-hydrogen) atoms. The van der Waals surface area contributed by atoms with E-state index in [4.69, 9.17) is 4.74 Å². The van der Waals surface area contributed by atoms with Crippen LogP contribution in [0.3, 0.4) is 0 Å². The Morgan fingerprint density at radius 1 is 1.40 bits per heavy atom. The number of hydrogen-bond acceptors (Lipinski definition) is 4. The number of carbonyl (C=O) groups is 1. The Labute approximate surface area is 120 Å². The largest absolute Gasteiger partial charge is 0.462 e. The maximum Gasteiger partial charge on any atom is 0.341 e. The average Bonchev–Trinajstić information content (AvgIpc) is 2.63. The lowest BCUT2D eigenvalue weighted by Crippen LogP contribution is -2.24. The van der Waals surface area contributed by atoms with Crippen LogP contribution < -0.4 is 5.32 Å². The van der Waals surface area contributed by atoms with Crippen LogP contribution in [-0.4, -0.2) is 28.4 Å². The Morgan fingerprint density at radius 2 is 2.00 bits per heavy atom. The van der Waals surface area contributed by atoms with Crippen LogP contribution in [0.15, 0.2) is 6.20 Å². The van der Waals surface area contributed by atoms with Gasteiger partial charge in [-0.3, -0.25) is 4.68 Å². The van der Waals surface area contributed by atoms with Gasteiger partial charge in [-0.25, -0.2) is 4.79 Å². The van der Waals surface area contributed by atoms with Gasteiger partial charge in [0.25, 0.3) is 0 Å². The Bertz CT molecular complexity index is 503. The van der Waals surface area contributed by atoms with Crippen molar-refractivity contribution in [1.82, 2.24) is 15.1 Å². The Balaban J connectivity index is 2.08. The van der Waals surface area contributed by atoms with E-state index in [9.17, 15) is 4.79 Å². The second kappa shape index (κ2) is 4.88. The van der Waals surface area contributed by atoms with Gasteiger partial charge in [0.05, 0.1) is 18.5 Å². The minimum atomic E-state index is -0.299. The molecule has 0 atom stereocenters. The number of carbonyl (C=O) groups excluding carboxylic acids is 1. The van der Waals surface area contributed by atoms with Crippen molar-refractivity contribution in [3.05, 3.63) is 17.5 Å². The molecule has 0 aliphatic heterocycles. The van der Waals surface area contributed by atoms with Gasteiger partial charge in [0, 0.05) is 19.6 Å². The fourth-order valence-electron chi connectivity index (χ4n) is 2.96. The number of aromatic nitrogens is 2. The second-order valence-corrected chi connectivity index (χ2v) is 6.61. The Morgan fingerprint density at radius 3 is 2.50 bits per heavy atom. The Hall–Kier alpha value is -1.36. The lowest BCUT2D eigenvalue weighted by atomic mass is 10.0. The van der Waals surface area contributed by atoms with E-state index in [1.54, 1.807) is 17.8 Å². The topological polar surface area (TPSA) is 56.1 Å². The zero-order valence-electron chi connectivity index (χ0n) is 13.3. The van der Waals surface area contributed by atoms with Gasteiger partial charge in [0.2, 0.25) is 0 Å². The van der Waals surface area contributed by atoms with Gasteiger partial charge in [-0.15, -0.1) is 0 Å². The first-order chi connectivity index (χ1) is 9.23. The molecule has 0 unspecified atom stereocenters. The molecule has 2 rings (SSSR count). The van der Waals surface area contributed by atoms with Gasteiger partial charge < -0.3 is 10.1 Å². The number of rotatable bonds is 5. The molecule has 1 aliphatic rings. The molecule has 1 saturated carbocycles. The number of ether oxygens (including phenoxy) is 1. The van der Waals surface area contributed by atoms with Crippen LogP contribution in [0.5, 0.6) is 0 Å². The summed E-state index contributed by atoms with van der Waals surface area (Å²) in [5, 5.41) is 7.72. The first kappa shape index (κ1) is 15.0. The molecular weight excluding hydrogens is 254 g/mol. The van der Waals surface area contributed by atoms with Crippen LogP contribution in [-0.2, 0) is 18.3 Å². The first-order valence-corrected chi connectivity index (χ1v) is 7.14. The van der Waals surface area contributed by atoms with E-state index in [0.717, 1.165) is 5.69 Å². The number of aryl methyl sites for hydroxylation is 1. The zero-order valence-corrected chi connectivity index (χ0v) is 13.3. The van der Waals surface area contributed by atoms with E-state index < -0.39 is 0 Å². The summed E-state index contributed by atoms with van der Waals surface area (Å²) in [6, 6.07) is 0.444. The summed E-state index contributed by atoms with van der Waals surface area (Å²) in [6.45, 7) is 11.9. The molecule has 112 valence electrons. The summed E-state index contributed by atoms with van der Waals surface area (Å²) in [7, 11) is 1.85. The number of nitrogens with one attached hydrogen (secondary N) is 1. The van der Waals surface area contributed by atoms with Crippen LogP contribution in [0, 0.1) is 10.8 Å². The van der Waals surface area contributed by atoms with Crippen molar-refractivity contribution >= 4 is 5.97 Å². The smallest absolute Gasteiger partial charge is 0.341 e. The third-order valence-electron chi connectivity index (χ3n) is 5.05. The molecule has 0 aromatic carbocycles. The highest BCUT2D eigenvalue weighted by Gasteiger charge is 2.64. The fraction of sp³-hybridized carbons (Fsp3) is 0.733. The number of nitrogens with zero attached hydrogens (tertiary/aromatic N) is 2. The molecule has 1 heterocycles. The summed E-state index contributed by atoms with van der Waals surface area (Å²) in [5.74, 6) is -0.299. The van der Waals surface area contributed by atoms with Crippen LogP contribution >= 0.6 is 0 Å². The molecule has 1 N–H and O–H groups in total. The highest BCUT2D eigenvalue weighted by Crippen LogP contribution is 2.62. The van der Waals surface area contributed by atoms with E-state index in [0.29, 0.717) is 24.8 Å². The minimum Gasteiger partial charge on any atom is -0.462 e. The second-order valence-electron chi connectivity index (χ2n) is 6.61. The van der Waals surface area contributed by atoms with Gasteiger partial charge >= 0.3 is 5.97 Å². The van der Waals surface area contributed by atoms with Crippen LogP contribution in [0.25, 0.3) is 0 Å². The maximum absolute atomic E-state index is 11.9. The van der Waals surface area contributed by atoms with Gasteiger partial charge in [0.15, 0.2) is 0 Å². The van der Waals surface area contributed by atoms with E-state index >= 15 is 0 Å². The normalized spacial score (nSPS) is 19.9. The predicted octanol–water partition coefficient (Wildman–Crippen LogP) is 2.12. The van der Waals surface area contributed by atoms with Crippen molar-refractivity contribution in [2.75, 3.05) is 6.61 Å². The van der Waals surface area contributed by atoms with E-state index in [2.05, 4.69) is 38.1 Å².